The van der Waals surface area contributed by atoms with Gasteiger partial charge in [-0.25, -0.2) is 0 Å². The van der Waals surface area contributed by atoms with Crippen molar-refractivity contribution >= 4 is 5.78 Å². The summed E-state index contributed by atoms with van der Waals surface area (Å²) in [5.41, 5.74) is 1.89. The van der Waals surface area contributed by atoms with E-state index in [1.54, 1.807) is 0 Å². The van der Waals surface area contributed by atoms with Gasteiger partial charge in [-0.05, 0) is 51.5 Å². The molecule has 1 aromatic heterocycles. The van der Waals surface area contributed by atoms with Crippen LogP contribution in [0.1, 0.15) is 61.9 Å². The van der Waals surface area contributed by atoms with Gasteiger partial charge in [-0.2, -0.15) is 5.26 Å². The van der Waals surface area contributed by atoms with E-state index in [0.717, 1.165) is 44.2 Å². The second kappa shape index (κ2) is 5.61. The normalized spacial score (nSPS) is 15.7. The lowest BCUT2D eigenvalue weighted by Crippen LogP contribution is -2.09. The Kier molecular flexibility index (Phi) is 4.09. The number of aromatic nitrogens is 1. The molecule has 0 N–H and O–H groups in total. The van der Waals surface area contributed by atoms with Crippen LogP contribution in [0.4, 0.5) is 0 Å². The maximum Gasteiger partial charge on any atom is 0.164 e. The number of carbonyl (C=O) groups excluding carboxylic acids is 1. The van der Waals surface area contributed by atoms with Crippen molar-refractivity contribution in [1.29, 1.82) is 5.26 Å². The largest absolute Gasteiger partial charge is 0.353 e. The molecule has 0 fully saturated rings. The quantitative estimate of drug-likeness (QED) is 0.772. The van der Waals surface area contributed by atoms with Crippen molar-refractivity contribution in [3.63, 3.8) is 0 Å². The van der Waals surface area contributed by atoms with Crippen LogP contribution in [0.3, 0.4) is 0 Å². The highest BCUT2D eigenvalue weighted by Crippen LogP contribution is 2.24. The summed E-state index contributed by atoms with van der Waals surface area (Å²) in [6.07, 6.45) is 9.84. The summed E-state index contributed by atoms with van der Waals surface area (Å²) >= 11 is 0. The van der Waals surface area contributed by atoms with E-state index in [9.17, 15) is 4.79 Å². The molecule has 0 aliphatic heterocycles. The van der Waals surface area contributed by atoms with E-state index in [0.29, 0.717) is 12.2 Å². The van der Waals surface area contributed by atoms with Crippen LogP contribution < -0.4 is 0 Å². The maximum absolute atomic E-state index is 11.9. The molecule has 0 radical (unpaired) electrons. The van der Waals surface area contributed by atoms with Crippen molar-refractivity contribution < 1.29 is 4.79 Å². The predicted octanol–water partition coefficient (Wildman–Crippen LogP) is 3.73. The number of fused-ring (bicyclic) bond motifs is 1. The summed E-state index contributed by atoms with van der Waals surface area (Å²) in [7, 11) is 0. The number of rotatable bonds is 4. The van der Waals surface area contributed by atoms with E-state index in [1.165, 1.54) is 5.56 Å². The van der Waals surface area contributed by atoms with Gasteiger partial charge >= 0.3 is 0 Å². The summed E-state index contributed by atoms with van der Waals surface area (Å²) in [6.45, 7) is 4.84. The van der Waals surface area contributed by atoms with Crippen LogP contribution in [-0.4, -0.2) is 10.4 Å². The molecule has 3 heteroatoms. The molecule has 0 unspecified atom stereocenters. The van der Waals surface area contributed by atoms with E-state index in [4.69, 9.17) is 5.26 Å². The van der Waals surface area contributed by atoms with Crippen molar-refractivity contribution in [1.82, 2.24) is 4.57 Å². The van der Waals surface area contributed by atoms with Crippen LogP contribution in [0, 0.1) is 16.7 Å². The van der Waals surface area contributed by atoms with Gasteiger partial charge in [0, 0.05) is 30.9 Å². The van der Waals surface area contributed by atoms with Crippen LogP contribution in [-0.2, 0) is 13.0 Å². The molecule has 19 heavy (non-hydrogen) atoms. The third kappa shape index (κ3) is 3.47. The number of carbonyl (C=O) groups is 1. The van der Waals surface area contributed by atoms with Gasteiger partial charge in [0.2, 0.25) is 0 Å². The molecule has 102 valence electrons. The first kappa shape index (κ1) is 13.9. The zero-order chi connectivity index (χ0) is 13.9. The average Bonchev–Trinajstić information content (AvgIpc) is 2.70. The summed E-state index contributed by atoms with van der Waals surface area (Å²) in [4.78, 5) is 11.9. The molecular formula is C16H22N2O. The van der Waals surface area contributed by atoms with E-state index >= 15 is 0 Å². The van der Waals surface area contributed by atoms with Crippen LogP contribution >= 0.6 is 0 Å². The molecule has 1 aromatic rings. The Hall–Kier alpha value is -1.56. The molecule has 0 aromatic carbocycles. The third-order valence-corrected chi connectivity index (χ3v) is 3.88. The van der Waals surface area contributed by atoms with Gasteiger partial charge in [-0.15, -0.1) is 0 Å². The molecule has 3 nitrogen and oxygen atoms in total. The summed E-state index contributed by atoms with van der Waals surface area (Å²) < 4.78 is 2.13. The van der Waals surface area contributed by atoms with Crippen molar-refractivity contribution in [2.45, 2.75) is 58.9 Å². The highest BCUT2D eigenvalue weighted by Gasteiger charge is 2.19. The Morgan fingerprint density at radius 2 is 2.05 bits per heavy atom. The van der Waals surface area contributed by atoms with E-state index in [-0.39, 0.29) is 5.41 Å². The maximum atomic E-state index is 11.9. The minimum atomic E-state index is -0.250. The van der Waals surface area contributed by atoms with E-state index in [1.807, 2.05) is 20.0 Å². The highest BCUT2D eigenvalue weighted by molar-refractivity contribution is 5.97. The lowest BCUT2D eigenvalue weighted by atomic mass is 9.90. The molecule has 0 saturated heterocycles. The van der Waals surface area contributed by atoms with Gasteiger partial charge in [0.15, 0.2) is 5.78 Å². The van der Waals surface area contributed by atoms with Crippen molar-refractivity contribution in [3.05, 3.63) is 23.5 Å². The highest BCUT2D eigenvalue weighted by atomic mass is 16.1. The fourth-order valence-electron chi connectivity index (χ4n) is 2.63. The molecule has 0 spiro atoms. The van der Waals surface area contributed by atoms with Gasteiger partial charge in [-0.3, -0.25) is 4.79 Å². The van der Waals surface area contributed by atoms with Crippen LogP contribution in [0.5, 0.6) is 0 Å². The van der Waals surface area contributed by atoms with Gasteiger partial charge in [0.25, 0.3) is 0 Å². The standard InChI is InChI=1S/C16H22N2O/c1-16(2,12-17)8-5-9-18-10-13-6-3-4-7-15(19)14(13)11-18/h10-11H,3-9H2,1-2H3. The predicted molar refractivity (Wildman–Crippen MR) is 74.9 cm³/mol. The smallest absolute Gasteiger partial charge is 0.164 e. The Bertz CT molecular complexity index is 505. The molecule has 0 saturated carbocycles. The fraction of sp³-hybridized carbons (Fsp3) is 0.625. The topological polar surface area (TPSA) is 45.8 Å². The first-order chi connectivity index (χ1) is 9.02. The minimum Gasteiger partial charge on any atom is -0.353 e. The van der Waals surface area contributed by atoms with Gasteiger partial charge < -0.3 is 4.57 Å². The molecule has 1 heterocycles. The Morgan fingerprint density at radius 1 is 1.32 bits per heavy atom. The minimum absolute atomic E-state index is 0.250. The van der Waals surface area contributed by atoms with Crippen LogP contribution in [0.2, 0.25) is 0 Å². The van der Waals surface area contributed by atoms with Crippen LogP contribution in [0.15, 0.2) is 12.4 Å². The van der Waals surface area contributed by atoms with Gasteiger partial charge in [0.1, 0.15) is 0 Å². The van der Waals surface area contributed by atoms with E-state index < -0.39 is 0 Å². The molecule has 0 amide bonds. The Balaban J connectivity index is 1.98. The molecule has 1 aliphatic rings. The summed E-state index contributed by atoms with van der Waals surface area (Å²) in [6, 6.07) is 2.33. The second-order valence-electron chi connectivity index (χ2n) is 6.16. The molecule has 2 rings (SSSR count). The molecular weight excluding hydrogens is 236 g/mol. The van der Waals surface area contributed by atoms with Crippen LogP contribution in [0.25, 0.3) is 0 Å². The number of nitrogens with zero attached hydrogens (tertiary/aromatic N) is 2. The molecule has 0 atom stereocenters. The Morgan fingerprint density at radius 3 is 2.79 bits per heavy atom. The molecule has 0 bridgehead atoms. The number of hydrogen-bond donors (Lipinski definition) is 0. The Labute approximate surface area is 115 Å². The monoisotopic (exact) mass is 258 g/mol. The van der Waals surface area contributed by atoms with Gasteiger partial charge in [-0.1, -0.05) is 0 Å². The number of Topliss-reactive ketones (excluding diaryl/α,β-unsaturated/α-hetero) is 1. The summed E-state index contributed by atoms with van der Waals surface area (Å²) in [5, 5.41) is 8.99. The zero-order valence-corrected chi connectivity index (χ0v) is 11.9. The number of hydrogen-bond acceptors (Lipinski definition) is 2. The summed E-state index contributed by atoms with van der Waals surface area (Å²) in [5.74, 6) is 0.295. The number of aryl methyl sites for hydroxylation is 2. The van der Waals surface area contributed by atoms with Gasteiger partial charge in [0.05, 0.1) is 11.5 Å². The van der Waals surface area contributed by atoms with E-state index in [2.05, 4.69) is 16.8 Å². The SMILES string of the molecule is CC(C)(C#N)CCCn1cc2c(c1)C(=O)CCCC2. The lowest BCUT2D eigenvalue weighted by molar-refractivity contribution is 0.0982. The van der Waals surface area contributed by atoms with Crippen molar-refractivity contribution in [3.8, 4) is 6.07 Å². The third-order valence-electron chi connectivity index (χ3n) is 3.88. The average molecular weight is 258 g/mol. The number of nitriles is 1. The first-order valence-corrected chi connectivity index (χ1v) is 7.15. The van der Waals surface area contributed by atoms with Crippen molar-refractivity contribution in [2.75, 3.05) is 0 Å². The fourth-order valence-corrected chi connectivity index (χ4v) is 2.63. The number of ketones is 1. The zero-order valence-electron chi connectivity index (χ0n) is 11.9. The van der Waals surface area contributed by atoms with Crippen molar-refractivity contribution in [2.24, 2.45) is 5.41 Å². The lowest BCUT2D eigenvalue weighted by Gasteiger charge is -2.14. The second-order valence-corrected chi connectivity index (χ2v) is 6.16. The first-order valence-electron chi connectivity index (χ1n) is 7.15. The molecule has 1 aliphatic carbocycles.